The summed E-state index contributed by atoms with van der Waals surface area (Å²) in [6, 6.07) is 48.6. The van der Waals surface area contributed by atoms with Gasteiger partial charge in [-0.2, -0.15) is 0 Å². The Hall–Kier alpha value is -5.87. The van der Waals surface area contributed by atoms with Gasteiger partial charge in [0.15, 0.2) is 17.5 Å². The van der Waals surface area contributed by atoms with Gasteiger partial charge in [0.1, 0.15) is 11.2 Å². The van der Waals surface area contributed by atoms with E-state index in [2.05, 4.69) is 111 Å². The largest absolute Gasteiger partial charge is 0.456 e. The van der Waals surface area contributed by atoms with Gasteiger partial charge in [0.05, 0.1) is 0 Å². The van der Waals surface area contributed by atoms with E-state index < -0.39 is 0 Å². The lowest BCUT2D eigenvalue weighted by atomic mass is 9.69. The lowest BCUT2D eigenvalue weighted by molar-refractivity contribution is 0.609. The number of furan rings is 1. The maximum absolute atomic E-state index is 6.45. The van der Waals surface area contributed by atoms with E-state index in [1.54, 1.807) is 0 Å². The third kappa shape index (κ3) is 4.64. The zero-order chi connectivity index (χ0) is 31.5. The zero-order valence-corrected chi connectivity index (χ0v) is 26.2. The van der Waals surface area contributed by atoms with Gasteiger partial charge in [-0.3, -0.25) is 0 Å². The topological polar surface area (TPSA) is 51.8 Å². The van der Waals surface area contributed by atoms with Crippen molar-refractivity contribution in [2.75, 3.05) is 0 Å². The van der Waals surface area contributed by atoms with Gasteiger partial charge in [0.2, 0.25) is 0 Å². The first kappa shape index (κ1) is 27.4. The molecule has 0 aliphatic heterocycles. The monoisotopic (exact) mass is 605 g/mol. The lowest BCUT2D eigenvalue weighted by Gasteiger charge is -2.35. The molecule has 0 radical (unpaired) electrons. The molecule has 8 aromatic rings. The second-order valence-corrected chi connectivity index (χ2v) is 12.9. The molecule has 4 heteroatoms. The van der Waals surface area contributed by atoms with E-state index in [9.17, 15) is 0 Å². The number of aromatic nitrogens is 3. The number of fused-ring (bicyclic) bond motifs is 5. The van der Waals surface area contributed by atoms with Gasteiger partial charge in [-0.15, -0.1) is 0 Å². The van der Waals surface area contributed by atoms with Crippen molar-refractivity contribution in [2.45, 2.75) is 25.7 Å². The van der Waals surface area contributed by atoms with Crippen LogP contribution in [0, 0.1) is 0 Å². The van der Waals surface area contributed by atoms with Crippen molar-refractivity contribution in [3.05, 3.63) is 162 Å². The molecular weight excluding hydrogens is 574 g/mol. The van der Waals surface area contributed by atoms with E-state index in [4.69, 9.17) is 19.4 Å². The predicted molar refractivity (Wildman–Crippen MR) is 190 cm³/mol. The standard InChI is InChI=1S/C43H31N3O/c1-43(2)36-16-10-9-15-31(36)23-33-25-39-35(26-37(33)43)34-24-32(21-22-38(34)47-39)42-45-40(29-13-7-4-8-14-29)44-41(46-42)30-19-17-28(18-20-30)27-11-5-3-6-12-27/h3-22,24-26H,23H2,1-2H3. The first-order valence-corrected chi connectivity index (χ1v) is 16.1. The summed E-state index contributed by atoms with van der Waals surface area (Å²) >= 11 is 0. The van der Waals surface area contributed by atoms with Gasteiger partial charge in [-0.1, -0.05) is 123 Å². The summed E-state index contributed by atoms with van der Waals surface area (Å²) < 4.78 is 6.45. The van der Waals surface area contributed by atoms with Crippen LogP contribution in [0.1, 0.15) is 36.1 Å². The van der Waals surface area contributed by atoms with Gasteiger partial charge in [-0.25, -0.2) is 15.0 Å². The van der Waals surface area contributed by atoms with Gasteiger partial charge in [0, 0.05) is 32.9 Å². The Morgan fingerprint density at radius 2 is 0.979 bits per heavy atom. The van der Waals surface area contributed by atoms with Crippen LogP contribution in [0.3, 0.4) is 0 Å². The molecule has 0 bridgehead atoms. The maximum Gasteiger partial charge on any atom is 0.164 e. The highest BCUT2D eigenvalue weighted by Gasteiger charge is 2.33. The highest BCUT2D eigenvalue weighted by molar-refractivity contribution is 6.07. The van der Waals surface area contributed by atoms with Gasteiger partial charge >= 0.3 is 0 Å². The Morgan fingerprint density at radius 3 is 1.70 bits per heavy atom. The van der Waals surface area contributed by atoms with Gasteiger partial charge in [0.25, 0.3) is 0 Å². The second-order valence-electron chi connectivity index (χ2n) is 12.9. The first-order chi connectivity index (χ1) is 23.0. The summed E-state index contributed by atoms with van der Waals surface area (Å²) in [4.78, 5) is 15.0. The molecule has 47 heavy (non-hydrogen) atoms. The van der Waals surface area contributed by atoms with Crippen molar-refractivity contribution in [2.24, 2.45) is 0 Å². The number of nitrogens with zero attached hydrogens (tertiary/aromatic N) is 3. The van der Waals surface area contributed by atoms with Crippen LogP contribution in [0.5, 0.6) is 0 Å². The summed E-state index contributed by atoms with van der Waals surface area (Å²) in [7, 11) is 0. The molecule has 4 nitrogen and oxygen atoms in total. The normalized spacial score (nSPS) is 13.4. The molecule has 9 rings (SSSR count). The molecule has 2 heterocycles. The van der Waals surface area contributed by atoms with Crippen LogP contribution in [0.2, 0.25) is 0 Å². The van der Waals surface area contributed by atoms with Gasteiger partial charge < -0.3 is 4.42 Å². The van der Waals surface area contributed by atoms with Crippen molar-refractivity contribution >= 4 is 21.9 Å². The highest BCUT2D eigenvalue weighted by atomic mass is 16.3. The molecule has 0 unspecified atom stereocenters. The van der Waals surface area contributed by atoms with Crippen LogP contribution in [0.15, 0.2) is 144 Å². The smallest absolute Gasteiger partial charge is 0.164 e. The maximum atomic E-state index is 6.45. The van der Waals surface area contributed by atoms with Crippen LogP contribution in [0.25, 0.3) is 67.2 Å². The van der Waals surface area contributed by atoms with E-state index in [1.807, 2.05) is 42.5 Å². The number of hydrogen-bond donors (Lipinski definition) is 0. The van der Waals surface area contributed by atoms with E-state index in [0.717, 1.165) is 50.6 Å². The summed E-state index contributed by atoms with van der Waals surface area (Å²) in [6.07, 6.45) is 0.912. The minimum absolute atomic E-state index is 0.108. The van der Waals surface area contributed by atoms with Crippen molar-refractivity contribution < 1.29 is 4.42 Å². The molecule has 6 aromatic carbocycles. The summed E-state index contributed by atoms with van der Waals surface area (Å²) in [5, 5.41) is 2.17. The summed E-state index contributed by atoms with van der Waals surface area (Å²) in [5.74, 6) is 1.91. The summed E-state index contributed by atoms with van der Waals surface area (Å²) in [6.45, 7) is 4.65. The van der Waals surface area contributed by atoms with Crippen molar-refractivity contribution in [1.29, 1.82) is 0 Å². The van der Waals surface area contributed by atoms with Crippen molar-refractivity contribution in [3.63, 3.8) is 0 Å². The highest BCUT2D eigenvalue weighted by Crippen LogP contribution is 2.44. The molecule has 1 aliphatic rings. The predicted octanol–water partition coefficient (Wildman–Crippen LogP) is 10.7. The van der Waals surface area contributed by atoms with Crippen molar-refractivity contribution in [1.82, 2.24) is 15.0 Å². The number of benzene rings is 6. The summed E-state index contributed by atoms with van der Waals surface area (Å²) in [5.41, 5.74) is 12.2. The molecule has 2 aromatic heterocycles. The molecule has 0 spiro atoms. The third-order valence-corrected chi connectivity index (χ3v) is 9.62. The van der Waals surface area contributed by atoms with Crippen LogP contribution in [0.4, 0.5) is 0 Å². The SMILES string of the molecule is CC1(C)c2ccccc2Cc2cc3oc4ccc(-c5nc(-c6ccccc6)nc(-c6ccc(-c7ccccc7)cc6)n5)cc4c3cc21. The van der Waals surface area contributed by atoms with Crippen LogP contribution < -0.4 is 0 Å². The van der Waals surface area contributed by atoms with E-state index >= 15 is 0 Å². The number of hydrogen-bond acceptors (Lipinski definition) is 4. The molecule has 224 valence electrons. The molecule has 0 saturated carbocycles. The Labute approximate surface area is 273 Å². The van der Waals surface area contributed by atoms with E-state index in [1.165, 1.54) is 27.8 Å². The minimum atomic E-state index is -0.108. The quantitative estimate of drug-likeness (QED) is 0.200. The van der Waals surface area contributed by atoms with Crippen LogP contribution in [-0.2, 0) is 11.8 Å². The van der Waals surface area contributed by atoms with E-state index in [-0.39, 0.29) is 5.41 Å². The molecule has 0 atom stereocenters. The Balaban J connectivity index is 1.18. The Bertz CT molecular complexity index is 2440. The van der Waals surface area contributed by atoms with Crippen molar-refractivity contribution in [3.8, 4) is 45.3 Å². The average molecular weight is 606 g/mol. The lowest BCUT2D eigenvalue weighted by Crippen LogP contribution is -2.26. The fourth-order valence-electron chi connectivity index (χ4n) is 7.16. The molecule has 0 saturated heterocycles. The van der Waals surface area contributed by atoms with Crippen LogP contribution >= 0.6 is 0 Å². The van der Waals surface area contributed by atoms with E-state index in [0.29, 0.717) is 17.5 Å². The van der Waals surface area contributed by atoms with Gasteiger partial charge in [-0.05, 0) is 70.1 Å². The molecule has 0 fully saturated rings. The fraction of sp³-hybridized carbons (Fsp3) is 0.0930. The fourth-order valence-corrected chi connectivity index (χ4v) is 7.16. The molecular formula is C43H31N3O. The Morgan fingerprint density at radius 1 is 0.447 bits per heavy atom. The first-order valence-electron chi connectivity index (χ1n) is 16.1. The molecule has 0 amide bonds. The average Bonchev–Trinajstić information content (AvgIpc) is 3.48. The number of rotatable bonds is 4. The Kier molecular flexibility index (Phi) is 6.19. The zero-order valence-electron chi connectivity index (χ0n) is 26.2. The molecule has 0 N–H and O–H groups in total. The third-order valence-electron chi connectivity index (χ3n) is 9.62. The molecule has 1 aliphatic carbocycles. The second kappa shape index (κ2) is 10.6. The minimum Gasteiger partial charge on any atom is -0.456 e. The van der Waals surface area contributed by atoms with Crippen LogP contribution in [-0.4, -0.2) is 15.0 Å².